The highest BCUT2D eigenvalue weighted by molar-refractivity contribution is 6.31. The summed E-state index contributed by atoms with van der Waals surface area (Å²) >= 11 is 5.52. The largest absolute Gasteiger partial charge is 0.478 e. The van der Waals surface area contributed by atoms with Crippen molar-refractivity contribution < 1.29 is 9.90 Å². The normalized spacial score (nSPS) is 9.00. The number of aryl methyl sites for hydroxylation is 1. The number of benzene rings is 1. The zero-order valence-electron chi connectivity index (χ0n) is 9.16. The van der Waals surface area contributed by atoms with Crippen molar-refractivity contribution in [2.45, 2.75) is 19.5 Å². The number of alkyl halides is 1. The van der Waals surface area contributed by atoms with Gasteiger partial charge in [-0.15, -0.1) is 11.6 Å². The summed E-state index contributed by atoms with van der Waals surface area (Å²) in [6.45, 7) is 4.53. The Morgan fingerprint density at radius 1 is 1.33 bits per heavy atom. The summed E-state index contributed by atoms with van der Waals surface area (Å²) in [6.07, 6.45) is 0.779. The first-order valence-corrected chi connectivity index (χ1v) is 8.40. The van der Waals surface area contributed by atoms with Crippen LogP contribution in [0.2, 0.25) is 13.1 Å². The molecule has 1 aromatic rings. The number of hydrogen-bond acceptors (Lipinski definition) is 1. The fourth-order valence-electron chi connectivity index (χ4n) is 0.923. The minimum absolute atomic E-state index is 0.313. The van der Waals surface area contributed by atoms with E-state index in [1.165, 1.54) is 0 Å². The number of aromatic carboxylic acids is 1. The summed E-state index contributed by atoms with van der Waals surface area (Å²) in [7, 11) is 0.417. The van der Waals surface area contributed by atoms with E-state index in [2.05, 4.69) is 13.1 Å². The molecule has 2 nitrogen and oxygen atoms in total. The third kappa shape index (κ3) is 6.31. The molecule has 1 rings (SSSR count). The molecule has 15 heavy (non-hydrogen) atoms. The Morgan fingerprint density at radius 3 is 2.13 bits per heavy atom. The van der Waals surface area contributed by atoms with Crippen molar-refractivity contribution in [3.63, 3.8) is 0 Å². The smallest absolute Gasteiger partial charge is 0.335 e. The average molecular weight is 245 g/mol. The van der Waals surface area contributed by atoms with E-state index in [0.717, 1.165) is 12.0 Å². The van der Waals surface area contributed by atoms with Gasteiger partial charge in [-0.2, -0.15) is 0 Å². The molecule has 84 valence electrons. The highest BCUT2D eigenvalue weighted by Crippen LogP contribution is 2.05. The number of halogens is 1. The van der Waals surface area contributed by atoms with Gasteiger partial charge in [-0.05, 0) is 24.1 Å². The molecule has 1 aromatic carbocycles. The van der Waals surface area contributed by atoms with Crippen LogP contribution in [0, 0.1) is 0 Å². The van der Waals surface area contributed by atoms with Gasteiger partial charge in [-0.3, -0.25) is 0 Å². The van der Waals surface area contributed by atoms with E-state index < -0.39 is 5.97 Å². The summed E-state index contributed by atoms with van der Waals surface area (Å²) in [5.41, 5.74) is 1.38. The standard InChI is InChI=1S/C9H9ClO2.C2H8Si/c10-6-5-7-1-3-8(4-2-7)9(11)12;1-3-2/h1-4H,5-6H2,(H,11,12);3H2,1-2H3. The Morgan fingerprint density at radius 2 is 1.80 bits per heavy atom. The maximum atomic E-state index is 10.4. The van der Waals surface area contributed by atoms with Crippen LogP contribution >= 0.6 is 11.6 Å². The molecule has 0 fully saturated rings. The molecule has 0 aliphatic carbocycles. The van der Waals surface area contributed by atoms with E-state index in [1.54, 1.807) is 24.3 Å². The molecule has 0 amide bonds. The lowest BCUT2D eigenvalue weighted by atomic mass is 10.1. The van der Waals surface area contributed by atoms with Gasteiger partial charge < -0.3 is 5.11 Å². The third-order valence-corrected chi connectivity index (χ3v) is 1.77. The Kier molecular flexibility index (Phi) is 8.05. The lowest BCUT2D eigenvalue weighted by Gasteiger charge is -1.97. The molecule has 0 spiro atoms. The van der Waals surface area contributed by atoms with E-state index in [0.29, 0.717) is 21.0 Å². The predicted molar refractivity (Wildman–Crippen MR) is 68.1 cm³/mol. The van der Waals surface area contributed by atoms with Crippen molar-refractivity contribution in [3.05, 3.63) is 35.4 Å². The summed E-state index contributed by atoms with van der Waals surface area (Å²) in [4.78, 5) is 10.4. The van der Waals surface area contributed by atoms with Crippen LogP contribution < -0.4 is 0 Å². The first-order valence-electron chi connectivity index (χ1n) is 5.03. The van der Waals surface area contributed by atoms with Gasteiger partial charge in [-0.1, -0.05) is 25.2 Å². The maximum Gasteiger partial charge on any atom is 0.335 e. The quantitative estimate of drug-likeness (QED) is 0.655. The van der Waals surface area contributed by atoms with E-state index in [1.807, 2.05) is 0 Å². The fourth-order valence-corrected chi connectivity index (χ4v) is 1.14. The second-order valence-electron chi connectivity index (χ2n) is 3.15. The van der Waals surface area contributed by atoms with Crippen LogP contribution in [0.25, 0.3) is 0 Å². The monoisotopic (exact) mass is 244 g/mol. The second-order valence-corrected chi connectivity index (χ2v) is 4.94. The average Bonchev–Trinajstić information content (AvgIpc) is 2.20. The van der Waals surface area contributed by atoms with Gasteiger partial charge in [0.05, 0.1) is 5.56 Å². The molecule has 4 heteroatoms. The summed E-state index contributed by atoms with van der Waals surface area (Å²) in [6, 6.07) is 6.74. The van der Waals surface area contributed by atoms with Crippen LogP contribution in [0.15, 0.2) is 24.3 Å². The summed E-state index contributed by atoms with van der Waals surface area (Å²) < 4.78 is 0. The van der Waals surface area contributed by atoms with Crippen LogP contribution in [0.5, 0.6) is 0 Å². The number of carbonyl (C=O) groups is 1. The van der Waals surface area contributed by atoms with Crippen molar-refractivity contribution >= 4 is 27.1 Å². The number of carboxylic acid groups (broad SMARTS) is 1. The van der Waals surface area contributed by atoms with Crippen LogP contribution in [0.4, 0.5) is 0 Å². The Balaban J connectivity index is 0.000000583. The molecule has 0 heterocycles. The topological polar surface area (TPSA) is 37.3 Å². The minimum Gasteiger partial charge on any atom is -0.478 e. The van der Waals surface area contributed by atoms with Gasteiger partial charge in [0.25, 0.3) is 0 Å². The zero-order chi connectivity index (χ0) is 11.7. The number of hydrogen-bond donors (Lipinski definition) is 1. The van der Waals surface area contributed by atoms with Gasteiger partial charge >= 0.3 is 5.97 Å². The van der Waals surface area contributed by atoms with Crippen LogP contribution in [-0.4, -0.2) is 26.5 Å². The number of rotatable bonds is 3. The van der Waals surface area contributed by atoms with Gasteiger partial charge in [0.2, 0.25) is 0 Å². The van der Waals surface area contributed by atoms with Crippen molar-refractivity contribution in [3.8, 4) is 0 Å². The SMILES string of the molecule is C[SiH2]C.O=C(O)c1ccc(CCCl)cc1. The van der Waals surface area contributed by atoms with E-state index in [4.69, 9.17) is 16.7 Å². The first-order chi connectivity index (χ1) is 7.15. The molecular weight excluding hydrogens is 228 g/mol. The van der Waals surface area contributed by atoms with E-state index >= 15 is 0 Å². The molecule has 0 aliphatic rings. The molecule has 0 aromatic heterocycles. The van der Waals surface area contributed by atoms with E-state index in [9.17, 15) is 4.79 Å². The van der Waals surface area contributed by atoms with Crippen molar-refractivity contribution in [1.82, 2.24) is 0 Å². The first kappa shape index (κ1) is 14.2. The highest BCUT2D eigenvalue weighted by atomic mass is 35.5. The molecule has 0 saturated carbocycles. The minimum atomic E-state index is -0.896. The lowest BCUT2D eigenvalue weighted by molar-refractivity contribution is 0.0697. The van der Waals surface area contributed by atoms with Gasteiger partial charge in [0.15, 0.2) is 0 Å². The molecule has 1 N–H and O–H groups in total. The fraction of sp³-hybridized carbons (Fsp3) is 0.364. The molecular formula is C11H17ClO2Si. The second kappa shape index (κ2) is 8.50. The Bertz CT molecular complexity index is 285. The highest BCUT2D eigenvalue weighted by Gasteiger charge is 2.00. The van der Waals surface area contributed by atoms with Gasteiger partial charge in [0, 0.05) is 15.4 Å². The molecule has 0 bridgehead atoms. The van der Waals surface area contributed by atoms with E-state index in [-0.39, 0.29) is 0 Å². The Labute approximate surface area is 98.1 Å². The Hall–Kier alpha value is -0.803. The molecule has 0 aliphatic heterocycles. The number of carboxylic acids is 1. The lowest BCUT2D eigenvalue weighted by Crippen LogP contribution is -1.96. The van der Waals surface area contributed by atoms with Gasteiger partial charge in [0.1, 0.15) is 0 Å². The van der Waals surface area contributed by atoms with Crippen molar-refractivity contribution in [2.75, 3.05) is 5.88 Å². The summed E-state index contributed by atoms with van der Waals surface area (Å²) in [5.74, 6) is -0.334. The predicted octanol–water partition coefficient (Wildman–Crippen LogP) is 2.42. The van der Waals surface area contributed by atoms with Gasteiger partial charge in [-0.25, -0.2) is 4.79 Å². The van der Waals surface area contributed by atoms with Crippen LogP contribution in [0.3, 0.4) is 0 Å². The maximum absolute atomic E-state index is 10.4. The third-order valence-electron chi connectivity index (χ3n) is 1.58. The van der Waals surface area contributed by atoms with Crippen molar-refractivity contribution in [1.29, 1.82) is 0 Å². The molecule has 0 radical (unpaired) electrons. The van der Waals surface area contributed by atoms with Crippen LogP contribution in [0.1, 0.15) is 15.9 Å². The zero-order valence-corrected chi connectivity index (χ0v) is 11.3. The van der Waals surface area contributed by atoms with Crippen LogP contribution in [-0.2, 0) is 6.42 Å². The van der Waals surface area contributed by atoms with Crippen molar-refractivity contribution in [2.24, 2.45) is 0 Å². The summed E-state index contributed by atoms with van der Waals surface area (Å²) in [5, 5.41) is 8.58. The molecule has 0 unspecified atom stereocenters. The molecule has 0 atom stereocenters. The molecule has 0 saturated heterocycles.